The van der Waals surface area contributed by atoms with E-state index in [0.29, 0.717) is 38.8 Å². The Hall–Kier alpha value is -3.42. The van der Waals surface area contributed by atoms with Gasteiger partial charge in [0.1, 0.15) is 12.1 Å². The molecule has 3 atom stereocenters. The first-order valence-electron chi connectivity index (χ1n) is 10.2. The van der Waals surface area contributed by atoms with E-state index in [0.717, 1.165) is 0 Å². The summed E-state index contributed by atoms with van der Waals surface area (Å²) in [5.41, 5.74) is 16.6. The second kappa shape index (κ2) is 11.8. The average Bonchev–Trinajstić information content (AvgIpc) is 3.43. The number of nitrogens with one attached hydrogen (secondary N) is 1. The molecule has 0 bridgehead atoms. The highest BCUT2D eigenvalue weighted by Crippen LogP contribution is 2.23. The van der Waals surface area contributed by atoms with Crippen LogP contribution in [0.1, 0.15) is 62.3 Å². The van der Waals surface area contributed by atoms with Gasteiger partial charge in [-0.1, -0.05) is 5.16 Å². The van der Waals surface area contributed by atoms with Gasteiger partial charge in [-0.05, 0) is 32.1 Å². The van der Waals surface area contributed by atoms with Crippen molar-refractivity contribution in [1.29, 1.82) is 0 Å². The lowest BCUT2D eigenvalue weighted by Gasteiger charge is -2.25. The number of nitrogens with zero attached hydrogens (tertiary/aromatic N) is 4. The average molecular weight is 454 g/mol. The number of methoxy groups -OCH3 is 1. The fourth-order valence-electron chi connectivity index (χ4n) is 3.33. The van der Waals surface area contributed by atoms with Crippen molar-refractivity contribution >= 4 is 23.9 Å². The molecule has 2 rings (SSSR count). The van der Waals surface area contributed by atoms with Crippen molar-refractivity contribution in [3.63, 3.8) is 0 Å². The fourth-order valence-corrected chi connectivity index (χ4v) is 3.33. The predicted octanol–water partition coefficient (Wildman–Crippen LogP) is -0.624. The first-order chi connectivity index (χ1) is 15.2. The van der Waals surface area contributed by atoms with Crippen molar-refractivity contribution in [2.45, 2.75) is 56.7 Å². The van der Waals surface area contributed by atoms with Gasteiger partial charge in [0.25, 0.3) is 0 Å². The smallest absolute Gasteiger partial charge is 0.328 e. The number of guanidine groups is 1. The van der Waals surface area contributed by atoms with Crippen LogP contribution < -0.4 is 22.5 Å². The Morgan fingerprint density at radius 1 is 1.38 bits per heavy atom. The van der Waals surface area contributed by atoms with E-state index in [1.807, 2.05) is 0 Å². The molecular formula is C18H30N8O6. The minimum atomic E-state index is -0.986. The molecule has 8 N–H and O–H groups in total. The Balaban J connectivity index is 2.12. The second-order valence-corrected chi connectivity index (χ2v) is 7.36. The molecule has 0 aromatic carbocycles. The zero-order valence-corrected chi connectivity index (χ0v) is 17.9. The maximum atomic E-state index is 12.9. The van der Waals surface area contributed by atoms with E-state index in [2.05, 4.69) is 20.4 Å². The molecule has 0 aliphatic carbocycles. The van der Waals surface area contributed by atoms with Gasteiger partial charge >= 0.3 is 18.0 Å². The fraction of sp³-hybridized carbons (Fsp3) is 0.667. The van der Waals surface area contributed by atoms with Crippen molar-refractivity contribution in [2.75, 3.05) is 20.2 Å². The molecule has 178 valence electrons. The molecule has 1 saturated heterocycles. The summed E-state index contributed by atoms with van der Waals surface area (Å²) < 4.78 is 10.1. The SMILES string of the molecule is COC(=O)C1CCCN1C(=O)NC(CCCN=C(N)N)c1nc([C@@H](N)CCC(=O)O)no1. The lowest BCUT2D eigenvalue weighted by Crippen LogP contribution is -2.47. The Labute approximate surface area is 184 Å². The van der Waals surface area contributed by atoms with E-state index in [4.69, 9.17) is 31.6 Å². The van der Waals surface area contributed by atoms with Crippen LogP contribution in [0.3, 0.4) is 0 Å². The number of aliphatic imine (C=N–C) groups is 1. The van der Waals surface area contributed by atoms with Crippen LogP contribution in [0.5, 0.6) is 0 Å². The van der Waals surface area contributed by atoms with Crippen molar-refractivity contribution in [1.82, 2.24) is 20.4 Å². The molecule has 2 amide bonds. The quantitative estimate of drug-likeness (QED) is 0.122. The molecule has 1 fully saturated rings. The normalized spacial score (nSPS) is 17.4. The monoisotopic (exact) mass is 454 g/mol. The van der Waals surface area contributed by atoms with Gasteiger partial charge in [0.15, 0.2) is 11.8 Å². The van der Waals surface area contributed by atoms with Crippen LogP contribution in [0.2, 0.25) is 0 Å². The third kappa shape index (κ3) is 7.08. The number of rotatable bonds is 11. The Morgan fingerprint density at radius 2 is 2.12 bits per heavy atom. The van der Waals surface area contributed by atoms with Crippen LogP contribution in [0, 0.1) is 0 Å². The van der Waals surface area contributed by atoms with Crippen LogP contribution in [-0.2, 0) is 14.3 Å². The maximum absolute atomic E-state index is 12.9. The summed E-state index contributed by atoms with van der Waals surface area (Å²) in [7, 11) is 1.27. The molecule has 14 nitrogen and oxygen atoms in total. The third-order valence-corrected chi connectivity index (χ3v) is 4.99. The first-order valence-corrected chi connectivity index (χ1v) is 10.2. The van der Waals surface area contributed by atoms with E-state index in [-0.39, 0.29) is 30.5 Å². The number of amides is 2. The zero-order chi connectivity index (χ0) is 23.7. The van der Waals surface area contributed by atoms with Gasteiger partial charge in [0.05, 0.1) is 13.2 Å². The van der Waals surface area contributed by atoms with Crippen LogP contribution in [-0.4, -0.2) is 70.3 Å². The highest BCUT2D eigenvalue weighted by molar-refractivity contribution is 5.84. The molecule has 14 heteroatoms. The minimum Gasteiger partial charge on any atom is -0.481 e. The van der Waals surface area contributed by atoms with Crippen LogP contribution in [0.4, 0.5) is 4.79 Å². The molecule has 0 saturated carbocycles. The van der Waals surface area contributed by atoms with Gasteiger partial charge in [0.2, 0.25) is 5.89 Å². The van der Waals surface area contributed by atoms with E-state index >= 15 is 0 Å². The summed E-state index contributed by atoms with van der Waals surface area (Å²) >= 11 is 0. The summed E-state index contributed by atoms with van der Waals surface area (Å²) in [5.74, 6) is -1.27. The molecule has 1 aliphatic rings. The molecule has 0 radical (unpaired) electrons. The van der Waals surface area contributed by atoms with Gasteiger partial charge in [-0.15, -0.1) is 0 Å². The van der Waals surface area contributed by atoms with Gasteiger partial charge in [-0.2, -0.15) is 4.98 Å². The van der Waals surface area contributed by atoms with Gasteiger partial charge in [-0.25, -0.2) is 9.59 Å². The number of carbonyl (C=O) groups is 3. The number of carboxylic acids is 1. The number of hydrogen-bond acceptors (Lipinski definition) is 9. The largest absolute Gasteiger partial charge is 0.481 e. The highest BCUT2D eigenvalue weighted by atomic mass is 16.5. The van der Waals surface area contributed by atoms with E-state index < -0.39 is 36.1 Å². The number of likely N-dealkylation sites (tertiary alicyclic amines) is 1. The summed E-state index contributed by atoms with van der Waals surface area (Å²) in [6.45, 7) is 0.726. The van der Waals surface area contributed by atoms with E-state index in [1.54, 1.807) is 0 Å². The van der Waals surface area contributed by atoms with Crippen molar-refractivity contribution in [3.8, 4) is 0 Å². The summed E-state index contributed by atoms with van der Waals surface area (Å²) in [6.07, 6.45) is 2.03. The van der Waals surface area contributed by atoms with Crippen molar-refractivity contribution in [2.24, 2.45) is 22.2 Å². The number of carboxylic acid groups (broad SMARTS) is 1. The molecule has 1 aliphatic heterocycles. The van der Waals surface area contributed by atoms with Crippen molar-refractivity contribution < 1.29 is 28.8 Å². The Bertz CT molecular complexity index is 824. The molecular weight excluding hydrogens is 424 g/mol. The number of ether oxygens (including phenoxy) is 1. The number of carbonyl (C=O) groups excluding carboxylic acids is 2. The molecule has 1 aromatic heterocycles. The van der Waals surface area contributed by atoms with E-state index in [1.165, 1.54) is 12.0 Å². The summed E-state index contributed by atoms with van der Waals surface area (Å²) in [6, 6.07) is -2.56. The first kappa shape index (κ1) is 24.8. The van der Waals surface area contributed by atoms with E-state index in [9.17, 15) is 14.4 Å². The number of esters is 1. The highest BCUT2D eigenvalue weighted by Gasteiger charge is 2.36. The van der Waals surface area contributed by atoms with Crippen LogP contribution in [0.15, 0.2) is 9.52 Å². The summed E-state index contributed by atoms with van der Waals surface area (Å²) in [4.78, 5) is 45.2. The van der Waals surface area contributed by atoms with Crippen molar-refractivity contribution in [3.05, 3.63) is 11.7 Å². The molecule has 2 heterocycles. The Morgan fingerprint density at radius 3 is 2.78 bits per heavy atom. The predicted molar refractivity (Wildman–Crippen MR) is 111 cm³/mol. The van der Waals surface area contributed by atoms with Gasteiger partial charge in [0, 0.05) is 19.5 Å². The number of aliphatic carboxylic acids is 1. The second-order valence-electron chi connectivity index (χ2n) is 7.36. The van der Waals surface area contributed by atoms with Gasteiger partial charge < -0.3 is 41.8 Å². The molecule has 2 unspecified atom stereocenters. The lowest BCUT2D eigenvalue weighted by molar-refractivity contribution is -0.145. The number of urea groups is 1. The number of aromatic nitrogens is 2. The standard InChI is InChI=1S/C18H30N8O6/c1-31-16(29)12-5-3-9-26(12)18(30)23-11(4-2-8-22-17(20)21)15-24-14(25-32-15)10(19)6-7-13(27)28/h10-12H,2-9,19H2,1H3,(H,23,30)(H,27,28)(H4,20,21,22)/t10-,11?,12?/m0/s1. The molecule has 0 spiro atoms. The maximum Gasteiger partial charge on any atom is 0.328 e. The Kier molecular flexibility index (Phi) is 9.19. The lowest BCUT2D eigenvalue weighted by atomic mass is 10.1. The minimum absolute atomic E-state index is 0.0481. The summed E-state index contributed by atoms with van der Waals surface area (Å²) in [5, 5.41) is 15.4. The topological polar surface area (TPSA) is 225 Å². The molecule has 32 heavy (non-hydrogen) atoms. The van der Waals surface area contributed by atoms with Gasteiger partial charge in [-0.3, -0.25) is 9.79 Å². The third-order valence-electron chi connectivity index (χ3n) is 4.99. The number of hydrogen-bond donors (Lipinski definition) is 5. The zero-order valence-electron chi connectivity index (χ0n) is 17.9. The molecule has 1 aromatic rings. The van der Waals surface area contributed by atoms with Crippen LogP contribution in [0.25, 0.3) is 0 Å². The van der Waals surface area contributed by atoms with Crippen LogP contribution >= 0.6 is 0 Å². The number of nitrogens with two attached hydrogens (primary N) is 3.